The van der Waals surface area contributed by atoms with Crippen LogP contribution in [-0.4, -0.2) is 16.1 Å². The topological polar surface area (TPSA) is 93.4 Å². The van der Waals surface area contributed by atoms with Crippen LogP contribution in [0.1, 0.15) is 86.8 Å². The van der Waals surface area contributed by atoms with Crippen molar-refractivity contribution in [2.75, 3.05) is 0 Å². The van der Waals surface area contributed by atoms with Gasteiger partial charge in [0, 0.05) is 4.90 Å². The molecule has 1 amide bonds. The quantitative estimate of drug-likeness (QED) is 0.508. The molecule has 2 rings (SSSR count). The lowest BCUT2D eigenvalue weighted by molar-refractivity contribution is -0.118. The lowest BCUT2D eigenvalue weighted by atomic mass is 9.85. The summed E-state index contributed by atoms with van der Waals surface area (Å²) in [6.45, 7) is 11.4. The Bertz CT molecular complexity index is 956. The van der Waals surface area contributed by atoms with E-state index in [0.29, 0.717) is 16.7 Å². The molecule has 31 heavy (non-hydrogen) atoms. The van der Waals surface area contributed by atoms with Crippen LogP contribution in [0.2, 0.25) is 0 Å². The molecule has 0 saturated carbocycles. The maximum Gasteiger partial charge on any atom is 0.234 e. The molecule has 0 saturated heterocycles. The zero-order chi connectivity index (χ0) is 23.3. The van der Waals surface area contributed by atoms with Crippen LogP contribution in [0.3, 0.4) is 0 Å². The highest BCUT2D eigenvalue weighted by Crippen LogP contribution is 2.31. The lowest BCUT2D eigenvalue weighted by Gasteiger charge is -2.22. The predicted octanol–water partition coefficient (Wildman–Crippen LogP) is 4.89. The molecule has 0 aliphatic heterocycles. The van der Waals surface area contributed by atoms with Gasteiger partial charge in [-0.15, -0.1) is 0 Å². The van der Waals surface area contributed by atoms with Crippen LogP contribution in [-0.2, 0) is 23.4 Å². The molecular formula is C25H32N2O3S. The van der Waals surface area contributed by atoms with Crippen molar-refractivity contribution in [1.82, 2.24) is 4.72 Å². The average Bonchev–Trinajstić information content (AvgIpc) is 2.70. The summed E-state index contributed by atoms with van der Waals surface area (Å²) in [6, 6.07) is 11.4. The minimum absolute atomic E-state index is 0.129. The van der Waals surface area contributed by atoms with Crippen molar-refractivity contribution in [3.63, 3.8) is 0 Å². The Morgan fingerprint density at radius 1 is 1.13 bits per heavy atom. The van der Waals surface area contributed by atoms with E-state index in [4.69, 9.17) is 0 Å². The van der Waals surface area contributed by atoms with Gasteiger partial charge in [-0.2, -0.15) is 5.26 Å². The largest absolute Gasteiger partial charge is 0.392 e. The summed E-state index contributed by atoms with van der Waals surface area (Å²) in [6.07, 6.45) is 0.231. The van der Waals surface area contributed by atoms with Gasteiger partial charge in [-0.3, -0.25) is 9.52 Å². The second kappa shape index (κ2) is 10.3. The number of carbonyl (C=O) groups excluding carboxylic acids is 1. The van der Waals surface area contributed by atoms with Gasteiger partial charge >= 0.3 is 0 Å². The number of nitrogens with zero attached hydrogens (tertiary/aromatic N) is 1. The Labute approximate surface area is 189 Å². The van der Waals surface area contributed by atoms with Crippen LogP contribution in [0.4, 0.5) is 0 Å². The summed E-state index contributed by atoms with van der Waals surface area (Å²) in [5.74, 6) is 0.265. The molecule has 0 atom stereocenters. The summed E-state index contributed by atoms with van der Waals surface area (Å²) < 4.78 is 2.89. The number of aliphatic hydroxyl groups is 2. The molecule has 0 heterocycles. The SMILES string of the molecule is CC(C)c1cc(C#N)cc(C(C)C)c1CC(=O)NSc1ccc(C(C)(C)O)c(CO)c1. The number of amides is 1. The van der Waals surface area contributed by atoms with Crippen LogP contribution in [0.5, 0.6) is 0 Å². The summed E-state index contributed by atoms with van der Waals surface area (Å²) >= 11 is 1.19. The molecule has 0 aromatic heterocycles. The normalized spacial score (nSPS) is 11.6. The van der Waals surface area contributed by atoms with Gasteiger partial charge in [0.2, 0.25) is 5.91 Å². The molecule has 0 aliphatic rings. The first-order valence-electron chi connectivity index (χ1n) is 10.5. The Balaban J connectivity index is 2.23. The van der Waals surface area contributed by atoms with Crippen LogP contribution in [0.25, 0.3) is 0 Å². The van der Waals surface area contributed by atoms with Crippen molar-refractivity contribution in [3.05, 3.63) is 63.7 Å². The van der Waals surface area contributed by atoms with Crippen molar-refractivity contribution in [2.24, 2.45) is 0 Å². The smallest absolute Gasteiger partial charge is 0.234 e. The fourth-order valence-corrected chi connectivity index (χ4v) is 4.33. The van der Waals surface area contributed by atoms with E-state index in [-0.39, 0.29) is 30.8 Å². The van der Waals surface area contributed by atoms with Crippen LogP contribution in [0, 0.1) is 11.3 Å². The molecule has 2 aromatic carbocycles. The van der Waals surface area contributed by atoms with Gasteiger partial charge in [-0.1, -0.05) is 33.8 Å². The second-order valence-corrected chi connectivity index (χ2v) is 9.77. The van der Waals surface area contributed by atoms with Crippen molar-refractivity contribution in [1.29, 1.82) is 5.26 Å². The summed E-state index contributed by atoms with van der Waals surface area (Å²) in [7, 11) is 0. The number of rotatable bonds is 8. The van der Waals surface area contributed by atoms with Gasteiger partial charge in [0.25, 0.3) is 0 Å². The van der Waals surface area contributed by atoms with E-state index in [9.17, 15) is 20.3 Å². The number of nitriles is 1. The van der Waals surface area contributed by atoms with E-state index in [0.717, 1.165) is 21.6 Å². The van der Waals surface area contributed by atoms with Crippen molar-refractivity contribution < 1.29 is 15.0 Å². The molecule has 3 N–H and O–H groups in total. The Kier molecular flexibility index (Phi) is 8.30. The van der Waals surface area contributed by atoms with Gasteiger partial charge in [-0.25, -0.2) is 0 Å². The summed E-state index contributed by atoms with van der Waals surface area (Å²) in [5.41, 5.74) is 3.89. The van der Waals surface area contributed by atoms with E-state index in [1.165, 1.54) is 11.9 Å². The third kappa shape index (κ3) is 6.33. The maximum atomic E-state index is 12.8. The Hall–Kier alpha value is -2.33. The third-order valence-electron chi connectivity index (χ3n) is 5.22. The number of benzene rings is 2. The maximum absolute atomic E-state index is 12.8. The molecule has 0 radical (unpaired) electrons. The van der Waals surface area contributed by atoms with E-state index in [2.05, 4.69) is 38.5 Å². The first-order chi connectivity index (χ1) is 14.5. The van der Waals surface area contributed by atoms with Gasteiger partial charge < -0.3 is 10.2 Å². The molecule has 0 spiro atoms. The third-order valence-corrected chi connectivity index (χ3v) is 6.04. The molecule has 2 aromatic rings. The second-order valence-electron chi connectivity index (χ2n) is 8.89. The molecule has 0 bridgehead atoms. The van der Waals surface area contributed by atoms with Gasteiger partial charge in [-0.05, 0) is 89.7 Å². The van der Waals surface area contributed by atoms with Crippen LogP contribution >= 0.6 is 11.9 Å². The zero-order valence-corrected chi connectivity index (χ0v) is 19.9. The summed E-state index contributed by atoms with van der Waals surface area (Å²) in [4.78, 5) is 13.6. The van der Waals surface area contributed by atoms with Gasteiger partial charge in [0.05, 0.1) is 30.3 Å². The number of hydrogen-bond donors (Lipinski definition) is 3. The highest BCUT2D eigenvalue weighted by Gasteiger charge is 2.21. The predicted molar refractivity (Wildman–Crippen MR) is 125 cm³/mol. The summed E-state index contributed by atoms with van der Waals surface area (Å²) in [5, 5.41) is 29.3. The minimum Gasteiger partial charge on any atom is -0.392 e. The van der Waals surface area contributed by atoms with Crippen molar-refractivity contribution in [3.8, 4) is 6.07 Å². The number of carbonyl (C=O) groups is 1. The highest BCUT2D eigenvalue weighted by molar-refractivity contribution is 7.98. The van der Waals surface area contributed by atoms with Gasteiger partial charge in [0.15, 0.2) is 0 Å². The fraction of sp³-hybridized carbons (Fsp3) is 0.440. The molecule has 6 heteroatoms. The first-order valence-corrected chi connectivity index (χ1v) is 11.3. The molecule has 5 nitrogen and oxygen atoms in total. The monoisotopic (exact) mass is 440 g/mol. The minimum atomic E-state index is -1.05. The van der Waals surface area contributed by atoms with Crippen molar-refractivity contribution in [2.45, 2.75) is 76.9 Å². The number of aliphatic hydroxyl groups excluding tert-OH is 1. The fourth-order valence-electron chi connectivity index (χ4n) is 3.69. The average molecular weight is 441 g/mol. The highest BCUT2D eigenvalue weighted by atomic mass is 32.2. The van der Waals surface area contributed by atoms with E-state index >= 15 is 0 Å². The van der Waals surface area contributed by atoms with E-state index in [1.54, 1.807) is 26.0 Å². The lowest BCUT2D eigenvalue weighted by Crippen LogP contribution is -2.21. The van der Waals surface area contributed by atoms with Crippen LogP contribution in [0.15, 0.2) is 35.2 Å². The van der Waals surface area contributed by atoms with Crippen molar-refractivity contribution >= 4 is 17.9 Å². The Morgan fingerprint density at radius 2 is 1.71 bits per heavy atom. The standard InChI is InChI=1S/C25H32N2O3S/c1-15(2)20-9-17(13-26)10-21(16(3)4)22(20)12-24(29)27-31-19-7-8-23(25(5,6)30)18(11-19)14-28/h7-11,15-16,28,30H,12,14H2,1-6H3,(H,27,29). The zero-order valence-electron chi connectivity index (χ0n) is 19.1. The van der Waals surface area contributed by atoms with E-state index in [1.807, 2.05) is 18.2 Å². The molecule has 0 unspecified atom stereocenters. The molecule has 0 aliphatic carbocycles. The first kappa shape index (κ1) is 24.9. The van der Waals surface area contributed by atoms with Crippen LogP contribution < -0.4 is 4.72 Å². The molecular weight excluding hydrogens is 408 g/mol. The van der Waals surface area contributed by atoms with Gasteiger partial charge in [0.1, 0.15) is 0 Å². The number of hydrogen-bond acceptors (Lipinski definition) is 5. The van der Waals surface area contributed by atoms with E-state index < -0.39 is 5.60 Å². The number of nitrogens with one attached hydrogen (secondary N) is 1. The Morgan fingerprint density at radius 3 is 2.16 bits per heavy atom. The molecule has 166 valence electrons. The molecule has 0 fully saturated rings.